The van der Waals surface area contributed by atoms with E-state index in [4.69, 9.17) is 13.4 Å². The Morgan fingerprint density at radius 2 is 2.40 bits per heavy atom. The number of halogens is 1. The van der Waals surface area contributed by atoms with Crippen LogP contribution in [0, 0.1) is 0 Å². The van der Waals surface area contributed by atoms with Crippen LogP contribution < -0.4 is 0 Å². The first-order chi connectivity index (χ1) is 2.41. The molecule has 0 spiro atoms. The average molecular weight is 281 g/mol. The van der Waals surface area contributed by atoms with Gasteiger partial charge < -0.3 is 0 Å². The third-order valence-corrected chi connectivity index (χ3v) is 4.91. The number of hydrogen-bond acceptors (Lipinski definition) is 1. The zero-order valence-electron chi connectivity index (χ0n) is 2.95. The van der Waals surface area contributed by atoms with Gasteiger partial charge in [-0.05, 0) is 0 Å². The van der Waals surface area contributed by atoms with Gasteiger partial charge in [0.05, 0.1) is 0 Å². The van der Waals surface area contributed by atoms with Gasteiger partial charge in [-0.2, -0.15) is 0 Å². The third-order valence-electron chi connectivity index (χ3n) is 0.292. The molecule has 28 valence electrons. The van der Waals surface area contributed by atoms with Crippen LogP contribution >= 0.6 is 8.25 Å². The molecule has 0 amide bonds. The van der Waals surface area contributed by atoms with Crippen LogP contribution in [0.1, 0.15) is 0 Å². The second-order valence-electron chi connectivity index (χ2n) is 0.766. The van der Waals surface area contributed by atoms with Crippen LogP contribution in [0.15, 0.2) is 0 Å². The Morgan fingerprint density at radius 1 is 1.80 bits per heavy atom. The molecule has 0 aliphatic rings. The predicted octanol–water partition coefficient (Wildman–Crippen LogP) is 0.633. The molecule has 0 aromatic heterocycles. The Hall–Kier alpha value is 1.19. The third kappa shape index (κ3) is 5.19. The van der Waals surface area contributed by atoms with Crippen molar-refractivity contribution in [2.75, 3.05) is 6.61 Å². The van der Waals surface area contributed by atoms with Crippen molar-refractivity contribution in [1.29, 1.82) is 0 Å². The number of rotatable bonds is 2. The molecule has 5 heavy (non-hydrogen) atoms. The van der Waals surface area contributed by atoms with E-state index in [0.29, 0.717) is 6.61 Å². The molecule has 0 saturated heterocycles. The van der Waals surface area contributed by atoms with E-state index in [9.17, 15) is 0 Å². The van der Waals surface area contributed by atoms with Crippen molar-refractivity contribution in [3.63, 3.8) is 0 Å². The average Bonchev–Trinajstić information content (AvgIpc) is 1.41. The molecule has 0 aromatic rings. The first-order valence-corrected chi connectivity index (χ1v) is 12.2. The molecular formula is C2H5ClHgO. The van der Waals surface area contributed by atoms with Crippen LogP contribution in [0.3, 0.4) is 0 Å². The van der Waals surface area contributed by atoms with Crippen LogP contribution in [0.5, 0.6) is 0 Å². The summed E-state index contributed by atoms with van der Waals surface area (Å²) in [6.45, 7) is 0.311. The molecule has 0 rings (SSSR count). The van der Waals surface area contributed by atoms with Crippen molar-refractivity contribution in [2.24, 2.45) is 0 Å². The summed E-state index contributed by atoms with van der Waals surface area (Å²) in [4.78, 5) is 0. The van der Waals surface area contributed by atoms with E-state index in [0.717, 1.165) is 3.93 Å². The van der Waals surface area contributed by atoms with Crippen molar-refractivity contribution in [3.05, 3.63) is 0 Å². The van der Waals surface area contributed by atoms with Crippen LogP contribution in [0.4, 0.5) is 0 Å². The summed E-state index contributed by atoms with van der Waals surface area (Å²) in [5, 5.41) is 8.04. The van der Waals surface area contributed by atoms with Crippen LogP contribution in [-0.4, -0.2) is 11.7 Å². The van der Waals surface area contributed by atoms with E-state index in [-0.39, 0.29) is 0 Å². The molecule has 0 bridgehead atoms. The molecule has 0 aliphatic carbocycles. The zero-order valence-corrected chi connectivity index (χ0v) is 9.20. The summed E-state index contributed by atoms with van der Waals surface area (Å²) in [6.07, 6.45) is 0. The van der Waals surface area contributed by atoms with Crippen molar-refractivity contribution >= 4 is 8.25 Å². The molecule has 0 fully saturated rings. The van der Waals surface area contributed by atoms with Crippen molar-refractivity contribution in [3.8, 4) is 0 Å². The maximum absolute atomic E-state index is 8.04. The van der Waals surface area contributed by atoms with E-state index >= 15 is 0 Å². The van der Waals surface area contributed by atoms with Gasteiger partial charge in [0.1, 0.15) is 0 Å². The van der Waals surface area contributed by atoms with Crippen LogP contribution in [0.25, 0.3) is 0 Å². The van der Waals surface area contributed by atoms with Gasteiger partial charge in [-0.15, -0.1) is 0 Å². The number of aliphatic hydroxyl groups is 1. The normalized spacial score (nSPS) is 6.80. The van der Waals surface area contributed by atoms with Crippen molar-refractivity contribution in [2.45, 2.75) is 3.93 Å². The minimum absolute atomic E-state index is 0.311. The summed E-state index contributed by atoms with van der Waals surface area (Å²) in [6, 6.07) is 0. The molecule has 0 heterocycles. The van der Waals surface area contributed by atoms with E-state index in [1.54, 1.807) is 0 Å². The molecule has 1 nitrogen and oxygen atoms in total. The predicted molar refractivity (Wildman–Crippen MR) is 17.7 cm³/mol. The first kappa shape index (κ1) is 6.19. The Balaban J connectivity index is 2.19. The summed E-state index contributed by atoms with van der Waals surface area (Å²) in [5.41, 5.74) is 0. The van der Waals surface area contributed by atoms with Gasteiger partial charge in [-0.1, -0.05) is 0 Å². The van der Waals surface area contributed by atoms with Crippen molar-refractivity contribution < 1.29 is 28.4 Å². The monoisotopic (exact) mass is 282 g/mol. The van der Waals surface area contributed by atoms with E-state index < -0.39 is 23.3 Å². The van der Waals surface area contributed by atoms with Gasteiger partial charge in [0.2, 0.25) is 0 Å². The fourth-order valence-electron chi connectivity index (χ4n) is 0.0598. The Kier molecular flexibility index (Phi) is 6.41. The van der Waals surface area contributed by atoms with Gasteiger partial charge in [0, 0.05) is 0 Å². The Bertz CT molecular complexity index is 17.1. The molecule has 0 saturated carbocycles. The van der Waals surface area contributed by atoms with Gasteiger partial charge in [0.25, 0.3) is 0 Å². The fraction of sp³-hybridized carbons (Fsp3) is 1.00. The standard InChI is InChI=1S/C2H5O.ClH.Hg/c1-2-3;;/h3H,1-2H2;1H;/q;;+1/p-1. The van der Waals surface area contributed by atoms with E-state index in [2.05, 4.69) is 0 Å². The number of hydrogen-bond donors (Lipinski definition) is 1. The van der Waals surface area contributed by atoms with Crippen LogP contribution in [0.2, 0.25) is 3.93 Å². The van der Waals surface area contributed by atoms with Gasteiger partial charge >= 0.3 is 47.2 Å². The second kappa shape index (κ2) is 5.19. The molecule has 0 radical (unpaired) electrons. The quantitative estimate of drug-likeness (QED) is 0.736. The Morgan fingerprint density at radius 3 is 2.40 bits per heavy atom. The minimum atomic E-state index is -0.922. The van der Waals surface area contributed by atoms with Gasteiger partial charge in [-0.25, -0.2) is 0 Å². The number of aliphatic hydroxyl groups excluding tert-OH is 1. The van der Waals surface area contributed by atoms with Crippen molar-refractivity contribution in [1.82, 2.24) is 0 Å². The molecule has 0 atom stereocenters. The zero-order chi connectivity index (χ0) is 4.12. The van der Waals surface area contributed by atoms with Gasteiger partial charge in [-0.3, -0.25) is 0 Å². The molecule has 1 N–H and O–H groups in total. The summed E-state index contributed by atoms with van der Waals surface area (Å²) in [7, 11) is 5.36. The SMILES string of the molecule is OC[CH2][Hg][Cl]. The first-order valence-electron chi connectivity index (χ1n) is 1.58. The molecule has 0 aromatic carbocycles. The maximum atomic E-state index is 8.04. The van der Waals surface area contributed by atoms with E-state index in [1.165, 1.54) is 0 Å². The van der Waals surface area contributed by atoms with Crippen LogP contribution in [-0.2, 0) is 23.3 Å². The summed E-state index contributed by atoms with van der Waals surface area (Å²) >= 11 is -0.922. The molecule has 0 aliphatic heterocycles. The molecule has 0 unspecified atom stereocenters. The van der Waals surface area contributed by atoms with E-state index in [1.807, 2.05) is 0 Å². The summed E-state index contributed by atoms with van der Waals surface area (Å²) in [5.74, 6) is 0. The Labute approximate surface area is 47.2 Å². The topological polar surface area (TPSA) is 20.2 Å². The fourth-order valence-corrected chi connectivity index (χ4v) is 1.57. The molecular weight excluding hydrogens is 276 g/mol. The second-order valence-corrected chi connectivity index (χ2v) is 8.30. The summed E-state index contributed by atoms with van der Waals surface area (Å²) < 4.78 is 0.932. The molecule has 3 heteroatoms. The van der Waals surface area contributed by atoms with Gasteiger partial charge in [0.15, 0.2) is 0 Å².